The van der Waals surface area contributed by atoms with Gasteiger partial charge < -0.3 is 9.90 Å². The Kier molecular flexibility index (Phi) is 5.27. The van der Waals surface area contributed by atoms with Crippen molar-refractivity contribution in [2.24, 2.45) is 0 Å². The molecule has 1 radical (unpaired) electrons. The van der Waals surface area contributed by atoms with Gasteiger partial charge in [-0.15, -0.1) is 26.0 Å². The number of aromatic hydroxyl groups is 1. The van der Waals surface area contributed by atoms with Crippen molar-refractivity contribution in [2.75, 3.05) is 0 Å². The maximum Gasteiger partial charge on any atom is 0 e. The monoisotopic (exact) mass is 251 g/mol. The number of carbonyl (C=O) groups excluding carboxylic acids is 1. The molecule has 0 fully saturated rings. The minimum absolute atomic E-state index is 0. The third-order valence-electron chi connectivity index (χ3n) is 1.68. The Morgan fingerprint density at radius 3 is 2.38 bits per heavy atom. The molecule has 1 aromatic carbocycles. The molecule has 0 amide bonds. The summed E-state index contributed by atoms with van der Waals surface area (Å²) in [5, 5.41) is 9.26. The second kappa shape index (κ2) is 5.41. The smallest absolute Gasteiger partial charge is 0 e. The number of phenolic OH excluding ortho intramolecular Hbond substituents is 1. The average molecular weight is 251 g/mol. The van der Waals surface area contributed by atoms with Gasteiger partial charge in [-0.25, -0.2) is 17.5 Å². The first-order valence-corrected chi connectivity index (χ1v) is 3.67. The molecule has 3 heteroatoms. The Bertz CT molecular complexity index is 295. The molecule has 2 nitrogen and oxygen atoms in total. The summed E-state index contributed by atoms with van der Waals surface area (Å²) in [6.45, 7) is 3.77. The number of phenols is 1. The zero-order valence-corrected chi connectivity index (χ0v) is 10.5. The van der Waals surface area contributed by atoms with Crippen LogP contribution in [0.5, 0.6) is 5.75 Å². The average Bonchev–Trinajstić information content (AvgIpc) is 2.03. The van der Waals surface area contributed by atoms with Crippen LogP contribution in [-0.2, 0) is 37.5 Å². The van der Waals surface area contributed by atoms with E-state index >= 15 is 0 Å². The predicted octanol–water partition coefficient (Wildman–Crippen LogP) is 1.81. The quantitative estimate of drug-likeness (QED) is 0.814. The Hall–Kier alpha value is -0.336. The van der Waals surface area contributed by atoms with Gasteiger partial charge in [0.05, 0.1) is 0 Å². The van der Waals surface area contributed by atoms with Crippen LogP contribution in [0.1, 0.15) is 25.0 Å². The van der Waals surface area contributed by atoms with Crippen LogP contribution in [-0.4, -0.2) is 11.4 Å². The first kappa shape index (κ1) is 12.7. The summed E-state index contributed by atoms with van der Waals surface area (Å²) in [6.07, 6.45) is 1.72. The van der Waals surface area contributed by atoms with E-state index in [1.54, 1.807) is 18.4 Å². The van der Waals surface area contributed by atoms with Crippen molar-refractivity contribution in [3.05, 3.63) is 35.2 Å². The number of hydrogen-bond acceptors (Lipinski definition) is 2. The molecule has 1 rings (SSSR count). The molecule has 0 heterocycles. The summed E-state index contributed by atoms with van der Waals surface area (Å²) < 4.78 is 0. The Labute approximate surface area is 103 Å². The van der Waals surface area contributed by atoms with Gasteiger partial charge in [0.1, 0.15) is 0 Å². The second-order valence-corrected chi connectivity index (χ2v) is 2.80. The van der Waals surface area contributed by atoms with Crippen molar-refractivity contribution >= 4 is 6.29 Å². The number of rotatable bonds is 2. The van der Waals surface area contributed by atoms with E-state index in [1.807, 2.05) is 13.8 Å². The number of hydrogen-bond donors (Lipinski definition) is 1. The molecular formula is C10H10O2Y-2. The molecule has 1 aromatic rings. The van der Waals surface area contributed by atoms with Gasteiger partial charge in [-0.3, -0.25) is 5.56 Å². The van der Waals surface area contributed by atoms with Crippen LogP contribution in [0.15, 0.2) is 18.2 Å². The van der Waals surface area contributed by atoms with E-state index < -0.39 is 0 Å². The molecule has 0 saturated heterocycles. The van der Waals surface area contributed by atoms with Crippen molar-refractivity contribution in [1.82, 2.24) is 0 Å². The van der Waals surface area contributed by atoms with Crippen LogP contribution in [0.2, 0.25) is 0 Å². The van der Waals surface area contributed by atoms with Crippen LogP contribution >= 0.6 is 0 Å². The third-order valence-corrected chi connectivity index (χ3v) is 1.68. The molecule has 0 unspecified atom stereocenters. The van der Waals surface area contributed by atoms with Crippen molar-refractivity contribution < 1.29 is 42.6 Å². The van der Waals surface area contributed by atoms with E-state index in [0.29, 0.717) is 0 Å². The Morgan fingerprint density at radius 1 is 1.38 bits per heavy atom. The normalized spacial score (nSPS) is 8.77. The van der Waals surface area contributed by atoms with E-state index in [2.05, 4.69) is 0 Å². The summed E-state index contributed by atoms with van der Waals surface area (Å²) in [6, 6.07) is 4.97. The van der Waals surface area contributed by atoms with Gasteiger partial charge >= 0.3 is 0 Å². The zero-order valence-electron chi connectivity index (χ0n) is 7.66. The van der Waals surface area contributed by atoms with Gasteiger partial charge in [-0.2, -0.15) is 0 Å². The molecule has 13 heavy (non-hydrogen) atoms. The van der Waals surface area contributed by atoms with Gasteiger partial charge in [-0.1, -0.05) is 0 Å². The van der Waals surface area contributed by atoms with Crippen molar-refractivity contribution in [1.29, 1.82) is 0 Å². The summed E-state index contributed by atoms with van der Waals surface area (Å²) in [5.41, 5.74) is 1.00. The van der Waals surface area contributed by atoms with Gasteiger partial charge in [0, 0.05) is 32.7 Å². The molecule has 0 saturated carbocycles. The molecule has 1 N–H and O–H groups in total. The summed E-state index contributed by atoms with van der Waals surface area (Å²) in [5.74, 6) is 0.980. The van der Waals surface area contributed by atoms with E-state index in [1.165, 1.54) is 6.07 Å². The molecule has 0 aromatic heterocycles. The maximum atomic E-state index is 10.5. The van der Waals surface area contributed by atoms with Gasteiger partial charge in [-0.05, 0) is 12.0 Å². The van der Waals surface area contributed by atoms with Gasteiger partial charge in [0.25, 0.3) is 0 Å². The maximum absolute atomic E-state index is 10.5. The Balaban J connectivity index is 0.00000144. The molecule has 0 aliphatic carbocycles. The van der Waals surface area contributed by atoms with E-state index in [0.717, 1.165) is 11.5 Å². The van der Waals surface area contributed by atoms with Crippen LogP contribution < -0.4 is 0 Å². The topological polar surface area (TPSA) is 37.3 Å². The minimum atomic E-state index is -0.0105. The first-order valence-electron chi connectivity index (χ1n) is 3.67. The molecule has 0 atom stereocenters. The van der Waals surface area contributed by atoms with Crippen LogP contribution in [0.25, 0.3) is 0 Å². The summed E-state index contributed by atoms with van der Waals surface area (Å²) >= 11 is 0. The minimum Gasteiger partial charge on any atom is -0.578 e. The van der Waals surface area contributed by atoms with E-state index in [-0.39, 0.29) is 44.0 Å². The van der Waals surface area contributed by atoms with Crippen LogP contribution in [0.4, 0.5) is 0 Å². The summed E-state index contributed by atoms with van der Waals surface area (Å²) in [7, 11) is 0. The fourth-order valence-corrected chi connectivity index (χ4v) is 1.06. The fraction of sp³-hybridized carbons (Fsp3) is 0.200. The molecule has 0 aliphatic rings. The van der Waals surface area contributed by atoms with Gasteiger partial charge in [0.2, 0.25) is 0 Å². The molecule has 0 aliphatic heterocycles. The first-order chi connectivity index (χ1) is 5.66. The van der Waals surface area contributed by atoms with E-state index in [4.69, 9.17) is 0 Å². The SMILES string of the molecule is C[C-](C)c1cccc(O)c1[C-]=O.[Y]. The van der Waals surface area contributed by atoms with Gasteiger partial charge in [0.15, 0.2) is 0 Å². The Morgan fingerprint density at radius 2 is 2.00 bits per heavy atom. The van der Waals surface area contributed by atoms with Crippen molar-refractivity contribution in [3.8, 4) is 5.75 Å². The van der Waals surface area contributed by atoms with Crippen molar-refractivity contribution in [3.63, 3.8) is 0 Å². The molecule has 0 bridgehead atoms. The molecule has 0 spiro atoms. The van der Waals surface area contributed by atoms with E-state index in [9.17, 15) is 9.90 Å². The van der Waals surface area contributed by atoms with Crippen LogP contribution in [0.3, 0.4) is 0 Å². The standard InChI is InChI=1S/C10H10O2.Y/c1-7(2)8-4-3-5-10(12)9(8)6-11;/h3-5,12H,1-2H3;/q-2;. The summed E-state index contributed by atoms with van der Waals surface area (Å²) in [4.78, 5) is 10.5. The van der Waals surface area contributed by atoms with Crippen molar-refractivity contribution in [2.45, 2.75) is 13.8 Å². The fourth-order valence-electron chi connectivity index (χ4n) is 1.06. The zero-order chi connectivity index (χ0) is 9.14. The molecule has 67 valence electrons. The number of benzene rings is 1. The second-order valence-electron chi connectivity index (χ2n) is 2.80. The molecular weight excluding hydrogens is 241 g/mol. The predicted molar refractivity (Wildman–Crippen MR) is 46.6 cm³/mol. The third kappa shape index (κ3) is 2.82. The largest absolute Gasteiger partial charge is 0.578 e. The van der Waals surface area contributed by atoms with Crippen LogP contribution in [0, 0.1) is 5.92 Å².